The van der Waals surface area contributed by atoms with Gasteiger partial charge in [0.05, 0.1) is 0 Å². The van der Waals surface area contributed by atoms with Crippen LogP contribution in [0.5, 0.6) is 0 Å². The Balaban J connectivity index is 2.17. The quantitative estimate of drug-likeness (QED) is 0.847. The third kappa shape index (κ3) is 3.36. The number of hydrogen-bond acceptors (Lipinski definition) is 2. The van der Waals surface area contributed by atoms with Crippen molar-refractivity contribution in [2.75, 3.05) is 0 Å². The van der Waals surface area contributed by atoms with Gasteiger partial charge in [0.15, 0.2) is 0 Å². The first kappa shape index (κ1) is 14.5. The van der Waals surface area contributed by atoms with E-state index in [0.717, 1.165) is 24.0 Å². The SMILES string of the molecule is CCCCC(=O)NCc1ccc(CN)c2ccccc12. The average Bonchev–Trinajstić information content (AvgIpc) is 2.50. The molecular weight excluding hydrogens is 248 g/mol. The van der Waals surface area contributed by atoms with Gasteiger partial charge in [-0.25, -0.2) is 0 Å². The summed E-state index contributed by atoms with van der Waals surface area (Å²) in [6.45, 7) is 3.20. The van der Waals surface area contributed by atoms with Gasteiger partial charge in [0, 0.05) is 19.5 Å². The monoisotopic (exact) mass is 270 g/mol. The summed E-state index contributed by atoms with van der Waals surface area (Å²) < 4.78 is 0. The number of nitrogens with one attached hydrogen (secondary N) is 1. The third-order valence-electron chi connectivity index (χ3n) is 3.56. The molecule has 0 radical (unpaired) electrons. The van der Waals surface area contributed by atoms with Gasteiger partial charge in [-0.05, 0) is 28.3 Å². The second-order valence-electron chi connectivity index (χ2n) is 5.01. The highest BCUT2D eigenvalue weighted by atomic mass is 16.1. The topological polar surface area (TPSA) is 55.1 Å². The zero-order valence-corrected chi connectivity index (χ0v) is 12.0. The van der Waals surface area contributed by atoms with E-state index in [1.165, 1.54) is 10.8 Å². The van der Waals surface area contributed by atoms with Crippen LogP contribution in [0.3, 0.4) is 0 Å². The molecule has 3 nitrogen and oxygen atoms in total. The van der Waals surface area contributed by atoms with E-state index in [4.69, 9.17) is 5.73 Å². The molecule has 0 aliphatic heterocycles. The molecule has 106 valence electrons. The first-order valence-electron chi connectivity index (χ1n) is 7.22. The summed E-state index contributed by atoms with van der Waals surface area (Å²) in [4.78, 5) is 11.7. The summed E-state index contributed by atoms with van der Waals surface area (Å²) in [5, 5.41) is 5.34. The molecule has 0 aliphatic carbocycles. The Morgan fingerprint density at radius 3 is 2.40 bits per heavy atom. The van der Waals surface area contributed by atoms with Crippen LogP contribution in [0.15, 0.2) is 36.4 Å². The highest BCUT2D eigenvalue weighted by Crippen LogP contribution is 2.22. The van der Waals surface area contributed by atoms with Gasteiger partial charge >= 0.3 is 0 Å². The molecule has 3 N–H and O–H groups in total. The van der Waals surface area contributed by atoms with Gasteiger partial charge in [-0.15, -0.1) is 0 Å². The molecule has 2 rings (SSSR count). The fraction of sp³-hybridized carbons (Fsp3) is 0.353. The molecule has 0 saturated heterocycles. The van der Waals surface area contributed by atoms with Gasteiger partial charge in [0.25, 0.3) is 0 Å². The van der Waals surface area contributed by atoms with Crippen molar-refractivity contribution in [2.45, 2.75) is 39.3 Å². The maximum atomic E-state index is 11.7. The van der Waals surface area contributed by atoms with E-state index in [1.54, 1.807) is 0 Å². The summed E-state index contributed by atoms with van der Waals surface area (Å²) in [5.41, 5.74) is 8.06. The Bertz CT molecular complexity index is 593. The molecule has 2 aromatic rings. The van der Waals surface area contributed by atoms with E-state index in [-0.39, 0.29) is 5.91 Å². The second-order valence-corrected chi connectivity index (χ2v) is 5.01. The van der Waals surface area contributed by atoms with Crippen LogP contribution >= 0.6 is 0 Å². The van der Waals surface area contributed by atoms with Gasteiger partial charge in [-0.2, -0.15) is 0 Å². The number of carbonyl (C=O) groups excluding carboxylic acids is 1. The summed E-state index contributed by atoms with van der Waals surface area (Å²) in [7, 11) is 0. The fourth-order valence-corrected chi connectivity index (χ4v) is 2.38. The van der Waals surface area contributed by atoms with Crippen LogP contribution in [0.25, 0.3) is 10.8 Å². The fourth-order valence-electron chi connectivity index (χ4n) is 2.38. The molecule has 3 heteroatoms. The number of fused-ring (bicyclic) bond motifs is 1. The summed E-state index contributed by atoms with van der Waals surface area (Å²) >= 11 is 0. The summed E-state index contributed by atoms with van der Waals surface area (Å²) in [6, 6.07) is 12.3. The maximum absolute atomic E-state index is 11.7. The van der Waals surface area contributed by atoms with Crippen molar-refractivity contribution in [1.29, 1.82) is 0 Å². The van der Waals surface area contributed by atoms with Crippen LogP contribution in [0.1, 0.15) is 37.3 Å². The third-order valence-corrected chi connectivity index (χ3v) is 3.56. The molecule has 0 spiro atoms. The average molecular weight is 270 g/mol. The molecule has 0 bridgehead atoms. The highest BCUT2D eigenvalue weighted by molar-refractivity contribution is 5.89. The van der Waals surface area contributed by atoms with Crippen molar-refractivity contribution in [3.05, 3.63) is 47.5 Å². The zero-order valence-electron chi connectivity index (χ0n) is 12.0. The Kier molecular flexibility index (Phi) is 5.13. The van der Waals surface area contributed by atoms with E-state index in [2.05, 4.69) is 36.5 Å². The van der Waals surface area contributed by atoms with Crippen molar-refractivity contribution < 1.29 is 4.79 Å². The predicted octanol–water partition coefficient (Wildman–Crippen LogP) is 3.10. The Labute approximate surface area is 120 Å². The number of carbonyl (C=O) groups is 1. The van der Waals surface area contributed by atoms with Crippen LogP contribution < -0.4 is 11.1 Å². The molecule has 0 aromatic heterocycles. The maximum Gasteiger partial charge on any atom is 0.220 e. The minimum Gasteiger partial charge on any atom is -0.352 e. The lowest BCUT2D eigenvalue weighted by atomic mass is 9.99. The lowest BCUT2D eigenvalue weighted by Gasteiger charge is -2.11. The van der Waals surface area contributed by atoms with Crippen LogP contribution in [0, 0.1) is 0 Å². The molecular formula is C17H22N2O. The minimum atomic E-state index is 0.124. The minimum absolute atomic E-state index is 0.124. The number of rotatable bonds is 6. The first-order chi connectivity index (χ1) is 9.76. The Morgan fingerprint density at radius 2 is 1.75 bits per heavy atom. The molecule has 0 aliphatic rings. The van der Waals surface area contributed by atoms with Crippen molar-refractivity contribution in [1.82, 2.24) is 5.32 Å². The molecule has 0 unspecified atom stereocenters. The number of amides is 1. The van der Waals surface area contributed by atoms with E-state index in [0.29, 0.717) is 19.5 Å². The number of unbranched alkanes of at least 4 members (excludes halogenated alkanes) is 1. The Hall–Kier alpha value is -1.87. The van der Waals surface area contributed by atoms with Gasteiger partial charge in [0.2, 0.25) is 5.91 Å². The lowest BCUT2D eigenvalue weighted by molar-refractivity contribution is -0.121. The van der Waals surface area contributed by atoms with Gasteiger partial charge in [-0.3, -0.25) is 4.79 Å². The normalized spacial score (nSPS) is 10.7. The largest absolute Gasteiger partial charge is 0.352 e. The van der Waals surface area contributed by atoms with Crippen molar-refractivity contribution in [2.24, 2.45) is 5.73 Å². The molecule has 20 heavy (non-hydrogen) atoms. The van der Waals surface area contributed by atoms with E-state index >= 15 is 0 Å². The molecule has 0 fully saturated rings. The number of nitrogens with two attached hydrogens (primary N) is 1. The Morgan fingerprint density at radius 1 is 1.10 bits per heavy atom. The first-order valence-corrected chi connectivity index (χ1v) is 7.22. The predicted molar refractivity (Wildman–Crippen MR) is 83.2 cm³/mol. The van der Waals surface area contributed by atoms with Gasteiger partial charge in [0.1, 0.15) is 0 Å². The summed E-state index contributed by atoms with van der Waals surface area (Å²) in [6.07, 6.45) is 2.59. The van der Waals surface area contributed by atoms with Crippen molar-refractivity contribution in [3.8, 4) is 0 Å². The summed E-state index contributed by atoms with van der Waals surface area (Å²) in [5.74, 6) is 0.124. The standard InChI is InChI=1S/C17H22N2O/c1-2-3-8-17(20)19-12-14-10-9-13(11-18)15-6-4-5-7-16(14)15/h4-7,9-10H,2-3,8,11-12,18H2,1H3,(H,19,20). The van der Waals surface area contributed by atoms with Crippen LogP contribution in [0.4, 0.5) is 0 Å². The molecule has 0 heterocycles. The van der Waals surface area contributed by atoms with Crippen LogP contribution in [-0.4, -0.2) is 5.91 Å². The lowest BCUT2D eigenvalue weighted by Crippen LogP contribution is -2.22. The molecule has 2 aromatic carbocycles. The second kappa shape index (κ2) is 7.06. The van der Waals surface area contributed by atoms with E-state index in [1.807, 2.05) is 12.1 Å². The van der Waals surface area contributed by atoms with Crippen LogP contribution in [0.2, 0.25) is 0 Å². The molecule has 0 saturated carbocycles. The number of hydrogen-bond donors (Lipinski definition) is 2. The number of benzene rings is 2. The van der Waals surface area contributed by atoms with Crippen molar-refractivity contribution >= 4 is 16.7 Å². The highest BCUT2D eigenvalue weighted by Gasteiger charge is 2.06. The zero-order chi connectivity index (χ0) is 14.4. The van der Waals surface area contributed by atoms with Gasteiger partial charge in [-0.1, -0.05) is 49.7 Å². The van der Waals surface area contributed by atoms with E-state index < -0.39 is 0 Å². The van der Waals surface area contributed by atoms with Gasteiger partial charge < -0.3 is 11.1 Å². The van der Waals surface area contributed by atoms with Crippen molar-refractivity contribution in [3.63, 3.8) is 0 Å². The smallest absolute Gasteiger partial charge is 0.220 e. The molecule has 0 atom stereocenters. The van der Waals surface area contributed by atoms with Crippen LogP contribution in [-0.2, 0) is 17.9 Å². The van der Waals surface area contributed by atoms with E-state index in [9.17, 15) is 4.79 Å². The molecule has 1 amide bonds.